The monoisotopic (exact) mass is 354 g/mol. The molecule has 2 unspecified atom stereocenters. The molecular formula is C16H22N2O5S. The Labute approximate surface area is 144 Å². The number of anilines is 1. The third kappa shape index (κ3) is 4.25. The van der Waals surface area contributed by atoms with Crippen molar-refractivity contribution in [1.82, 2.24) is 4.90 Å². The van der Waals surface area contributed by atoms with Crippen molar-refractivity contribution >= 4 is 34.3 Å². The zero-order chi connectivity index (χ0) is 17.9. The summed E-state index contributed by atoms with van der Waals surface area (Å²) in [7, 11) is 0. The molecule has 0 aliphatic carbocycles. The van der Waals surface area contributed by atoms with Gasteiger partial charge in [0.1, 0.15) is 4.88 Å². The number of hydrogen-bond donors (Lipinski definition) is 2. The van der Waals surface area contributed by atoms with E-state index in [0.29, 0.717) is 29.5 Å². The van der Waals surface area contributed by atoms with Crippen LogP contribution in [0.4, 0.5) is 9.80 Å². The molecular weight excluding hydrogens is 332 g/mol. The van der Waals surface area contributed by atoms with Gasteiger partial charge in [0.05, 0.1) is 17.5 Å². The SMILES string of the molecule is CCOC(=O)c1sc(NC(=O)N2CC(C)CC(C(=O)O)C2)cc1C. The molecule has 1 fully saturated rings. The van der Waals surface area contributed by atoms with Gasteiger partial charge in [-0.1, -0.05) is 6.92 Å². The summed E-state index contributed by atoms with van der Waals surface area (Å²) in [5, 5.41) is 12.5. The fourth-order valence-corrected chi connectivity index (χ4v) is 3.78. The highest BCUT2D eigenvalue weighted by molar-refractivity contribution is 7.18. The van der Waals surface area contributed by atoms with E-state index in [2.05, 4.69) is 5.32 Å². The Balaban J connectivity index is 2.05. The first-order valence-corrected chi connectivity index (χ1v) is 8.69. The van der Waals surface area contributed by atoms with Gasteiger partial charge < -0.3 is 14.7 Å². The molecule has 7 nitrogen and oxygen atoms in total. The smallest absolute Gasteiger partial charge is 0.348 e. The Morgan fingerprint density at radius 1 is 1.42 bits per heavy atom. The first-order chi connectivity index (χ1) is 11.3. The summed E-state index contributed by atoms with van der Waals surface area (Å²) in [4.78, 5) is 37.4. The van der Waals surface area contributed by atoms with Gasteiger partial charge in [-0.3, -0.25) is 10.1 Å². The molecule has 0 spiro atoms. The number of esters is 1. The van der Waals surface area contributed by atoms with Crippen LogP contribution in [0.3, 0.4) is 0 Å². The summed E-state index contributed by atoms with van der Waals surface area (Å²) in [6.45, 7) is 6.46. The van der Waals surface area contributed by atoms with E-state index in [0.717, 1.165) is 16.9 Å². The van der Waals surface area contributed by atoms with Gasteiger partial charge in [-0.25, -0.2) is 9.59 Å². The number of urea groups is 1. The maximum Gasteiger partial charge on any atom is 0.348 e. The van der Waals surface area contributed by atoms with Crippen LogP contribution in [-0.4, -0.2) is 47.7 Å². The average molecular weight is 354 g/mol. The number of hydrogen-bond acceptors (Lipinski definition) is 5. The van der Waals surface area contributed by atoms with Crippen molar-refractivity contribution in [1.29, 1.82) is 0 Å². The van der Waals surface area contributed by atoms with Crippen LogP contribution >= 0.6 is 11.3 Å². The van der Waals surface area contributed by atoms with Crippen molar-refractivity contribution in [3.05, 3.63) is 16.5 Å². The fourth-order valence-electron chi connectivity index (χ4n) is 2.82. The van der Waals surface area contributed by atoms with E-state index >= 15 is 0 Å². The van der Waals surface area contributed by atoms with Gasteiger partial charge in [0.15, 0.2) is 0 Å². The second kappa shape index (κ2) is 7.65. The molecule has 2 atom stereocenters. The molecule has 1 aliphatic heterocycles. The van der Waals surface area contributed by atoms with Gasteiger partial charge in [-0.2, -0.15) is 0 Å². The third-order valence-electron chi connectivity index (χ3n) is 3.90. The van der Waals surface area contributed by atoms with Crippen molar-refractivity contribution in [2.45, 2.75) is 27.2 Å². The van der Waals surface area contributed by atoms with Gasteiger partial charge in [-0.15, -0.1) is 11.3 Å². The van der Waals surface area contributed by atoms with Crippen molar-refractivity contribution in [3.63, 3.8) is 0 Å². The Morgan fingerprint density at radius 3 is 2.75 bits per heavy atom. The van der Waals surface area contributed by atoms with E-state index in [-0.39, 0.29) is 18.5 Å². The second-order valence-corrected chi connectivity index (χ2v) is 7.11. The third-order valence-corrected chi connectivity index (χ3v) is 5.04. The summed E-state index contributed by atoms with van der Waals surface area (Å²) in [5.41, 5.74) is 0.740. The number of carboxylic acid groups (broad SMARTS) is 1. The number of carboxylic acids is 1. The van der Waals surface area contributed by atoms with Crippen LogP contribution in [0, 0.1) is 18.8 Å². The van der Waals surface area contributed by atoms with Crippen LogP contribution in [0.25, 0.3) is 0 Å². The topological polar surface area (TPSA) is 95.9 Å². The molecule has 0 aromatic carbocycles. The van der Waals surface area contributed by atoms with Crippen molar-refractivity contribution in [2.24, 2.45) is 11.8 Å². The average Bonchev–Trinajstić information content (AvgIpc) is 2.87. The second-order valence-electron chi connectivity index (χ2n) is 6.05. The zero-order valence-electron chi connectivity index (χ0n) is 14.0. The van der Waals surface area contributed by atoms with Crippen molar-refractivity contribution in [2.75, 3.05) is 25.0 Å². The van der Waals surface area contributed by atoms with Crippen LogP contribution in [-0.2, 0) is 9.53 Å². The van der Waals surface area contributed by atoms with Gasteiger partial charge >= 0.3 is 18.0 Å². The number of piperidine rings is 1. The van der Waals surface area contributed by atoms with Crippen LogP contribution in [0.5, 0.6) is 0 Å². The van der Waals surface area contributed by atoms with Gasteiger partial charge in [0, 0.05) is 13.1 Å². The van der Waals surface area contributed by atoms with Gasteiger partial charge in [0.25, 0.3) is 0 Å². The Kier molecular flexibility index (Phi) is 5.82. The number of ether oxygens (including phenoxy) is 1. The minimum Gasteiger partial charge on any atom is -0.481 e. The molecule has 1 saturated heterocycles. The lowest BCUT2D eigenvalue weighted by molar-refractivity contribution is -0.143. The molecule has 0 saturated carbocycles. The van der Waals surface area contributed by atoms with Crippen molar-refractivity contribution in [3.8, 4) is 0 Å². The number of carbonyl (C=O) groups excluding carboxylic acids is 2. The van der Waals surface area contributed by atoms with E-state index in [9.17, 15) is 19.5 Å². The van der Waals surface area contributed by atoms with E-state index in [4.69, 9.17) is 4.74 Å². The van der Waals surface area contributed by atoms with E-state index in [1.165, 1.54) is 4.90 Å². The number of likely N-dealkylation sites (tertiary alicyclic amines) is 1. The summed E-state index contributed by atoms with van der Waals surface area (Å²) >= 11 is 1.16. The molecule has 1 aromatic rings. The summed E-state index contributed by atoms with van der Waals surface area (Å²) in [6.07, 6.45) is 0.574. The standard InChI is InChI=1S/C16H22N2O5S/c1-4-23-15(21)13-10(3)6-12(24-13)17-16(22)18-7-9(2)5-11(8-18)14(19)20/h6,9,11H,4-5,7-8H2,1-3H3,(H,17,22)(H,19,20). The lowest BCUT2D eigenvalue weighted by Gasteiger charge is -2.34. The lowest BCUT2D eigenvalue weighted by atomic mass is 9.91. The number of amides is 2. The molecule has 132 valence electrons. The van der Waals surface area contributed by atoms with Crippen LogP contribution < -0.4 is 5.32 Å². The summed E-state index contributed by atoms with van der Waals surface area (Å²) < 4.78 is 4.98. The van der Waals surface area contributed by atoms with Crippen LogP contribution in [0.15, 0.2) is 6.07 Å². The largest absolute Gasteiger partial charge is 0.481 e. The maximum absolute atomic E-state index is 12.4. The molecule has 24 heavy (non-hydrogen) atoms. The minimum atomic E-state index is -0.879. The van der Waals surface area contributed by atoms with Gasteiger partial charge in [0.2, 0.25) is 0 Å². The lowest BCUT2D eigenvalue weighted by Crippen LogP contribution is -2.47. The highest BCUT2D eigenvalue weighted by atomic mass is 32.1. The van der Waals surface area contributed by atoms with Crippen LogP contribution in [0.2, 0.25) is 0 Å². The van der Waals surface area contributed by atoms with E-state index < -0.39 is 17.9 Å². The fraction of sp³-hybridized carbons (Fsp3) is 0.562. The predicted octanol–water partition coefficient (Wildman–Crippen LogP) is 2.81. The number of thiophene rings is 1. The maximum atomic E-state index is 12.4. The van der Waals surface area contributed by atoms with E-state index in [1.807, 2.05) is 6.92 Å². The van der Waals surface area contributed by atoms with Crippen LogP contribution in [0.1, 0.15) is 35.5 Å². The van der Waals surface area contributed by atoms with E-state index in [1.54, 1.807) is 19.9 Å². The molecule has 2 amide bonds. The molecule has 0 bridgehead atoms. The normalized spacial score (nSPS) is 20.5. The summed E-state index contributed by atoms with van der Waals surface area (Å²) in [5.74, 6) is -1.70. The first-order valence-electron chi connectivity index (χ1n) is 7.88. The number of rotatable bonds is 4. The number of nitrogens with zero attached hydrogens (tertiary/aromatic N) is 1. The predicted molar refractivity (Wildman–Crippen MR) is 90.5 cm³/mol. The molecule has 2 N–H and O–H groups in total. The first kappa shape index (κ1) is 18.3. The van der Waals surface area contributed by atoms with Gasteiger partial charge in [-0.05, 0) is 37.8 Å². The number of nitrogens with one attached hydrogen (secondary N) is 1. The molecule has 0 radical (unpaired) electrons. The number of aryl methyl sites for hydroxylation is 1. The number of carbonyl (C=O) groups is 3. The Bertz CT molecular complexity index is 642. The summed E-state index contributed by atoms with van der Waals surface area (Å²) in [6, 6.07) is 1.38. The molecule has 2 rings (SSSR count). The Morgan fingerprint density at radius 2 is 2.12 bits per heavy atom. The van der Waals surface area contributed by atoms with Crippen molar-refractivity contribution < 1.29 is 24.2 Å². The minimum absolute atomic E-state index is 0.130. The molecule has 2 heterocycles. The highest BCUT2D eigenvalue weighted by Crippen LogP contribution is 2.28. The number of aliphatic carboxylic acids is 1. The molecule has 1 aliphatic rings. The molecule has 8 heteroatoms. The zero-order valence-corrected chi connectivity index (χ0v) is 14.8. The Hall–Kier alpha value is -2.09. The highest BCUT2D eigenvalue weighted by Gasteiger charge is 2.32. The quantitative estimate of drug-likeness (QED) is 0.811. The molecule has 1 aromatic heterocycles.